The Kier molecular flexibility index (Phi) is 2.11. The third-order valence-corrected chi connectivity index (χ3v) is 2.52. The van der Waals surface area contributed by atoms with Crippen molar-refractivity contribution >= 4 is 23.2 Å². The lowest BCUT2D eigenvalue weighted by atomic mass is 10.1. The molecule has 0 atom stereocenters. The summed E-state index contributed by atoms with van der Waals surface area (Å²) >= 11 is 6.00. The summed E-state index contributed by atoms with van der Waals surface area (Å²) in [4.78, 5) is 12.9. The van der Waals surface area contributed by atoms with Gasteiger partial charge in [0, 0.05) is 7.05 Å². The van der Waals surface area contributed by atoms with Gasteiger partial charge in [0.05, 0.1) is 10.7 Å². The van der Waals surface area contributed by atoms with E-state index >= 15 is 0 Å². The van der Waals surface area contributed by atoms with E-state index in [9.17, 15) is 4.79 Å². The molecule has 14 heavy (non-hydrogen) atoms. The second kappa shape index (κ2) is 3.17. The fraction of sp³-hybridized carbons (Fsp3) is 0.300. The Bertz CT molecular complexity index is 403. The first-order chi connectivity index (χ1) is 6.59. The highest BCUT2D eigenvalue weighted by Gasteiger charge is 2.24. The number of carbonyl (C=O) groups is 1. The summed E-state index contributed by atoms with van der Waals surface area (Å²) in [6, 6.07) is 3.71. The summed E-state index contributed by atoms with van der Waals surface area (Å²) in [6.07, 6.45) is 0. The van der Waals surface area contributed by atoms with E-state index in [4.69, 9.17) is 16.3 Å². The van der Waals surface area contributed by atoms with Gasteiger partial charge in [0.1, 0.15) is 0 Å². The zero-order valence-corrected chi connectivity index (χ0v) is 8.76. The first-order valence-electron chi connectivity index (χ1n) is 4.29. The molecule has 1 aromatic carbocycles. The number of nitrogens with zero attached hydrogens (tertiary/aromatic N) is 1. The van der Waals surface area contributed by atoms with Gasteiger partial charge in [-0.3, -0.25) is 4.79 Å². The summed E-state index contributed by atoms with van der Waals surface area (Å²) in [5, 5.41) is 0.555. The van der Waals surface area contributed by atoms with Crippen LogP contribution >= 0.6 is 11.6 Å². The standard InChI is InChI=1S/C10H10ClNO2/c1-6-3-7(11)10-8(4-6)12(2)9(13)5-14-10/h3-4H,5H2,1-2H3. The summed E-state index contributed by atoms with van der Waals surface area (Å²) in [6.45, 7) is 1.99. The van der Waals surface area contributed by atoms with Gasteiger partial charge in [-0.2, -0.15) is 0 Å². The van der Waals surface area contributed by atoms with E-state index in [-0.39, 0.29) is 12.5 Å². The lowest BCUT2D eigenvalue weighted by molar-refractivity contribution is -0.120. The Morgan fingerprint density at radius 3 is 2.93 bits per heavy atom. The Balaban J connectivity index is 2.59. The number of anilines is 1. The normalized spacial score (nSPS) is 15.1. The van der Waals surface area contributed by atoms with Crippen molar-refractivity contribution in [2.75, 3.05) is 18.6 Å². The van der Waals surface area contributed by atoms with E-state index in [0.717, 1.165) is 11.3 Å². The van der Waals surface area contributed by atoms with Gasteiger partial charge >= 0.3 is 0 Å². The minimum Gasteiger partial charge on any atom is -0.480 e. The second-order valence-electron chi connectivity index (χ2n) is 3.34. The molecule has 1 amide bonds. The fourth-order valence-corrected chi connectivity index (χ4v) is 1.79. The summed E-state index contributed by atoms with van der Waals surface area (Å²) in [5.74, 6) is 0.540. The van der Waals surface area contributed by atoms with Crippen LogP contribution in [0.2, 0.25) is 5.02 Å². The van der Waals surface area contributed by atoms with Crippen molar-refractivity contribution in [2.24, 2.45) is 0 Å². The highest BCUT2D eigenvalue weighted by molar-refractivity contribution is 6.33. The third-order valence-electron chi connectivity index (χ3n) is 2.24. The molecule has 3 nitrogen and oxygen atoms in total. The van der Waals surface area contributed by atoms with Crippen LogP contribution in [0.25, 0.3) is 0 Å². The van der Waals surface area contributed by atoms with E-state index in [0.29, 0.717) is 10.8 Å². The fourth-order valence-electron chi connectivity index (χ4n) is 1.47. The Morgan fingerprint density at radius 1 is 1.50 bits per heavy atom. The van der Waals surface area contributed by atoms with Crippen molar-refractivity contribution < 1.29 is 9.53 Å². The second-order valence-corrected chi connectivity index (χ2v) is 3.74. The average molecular weight is 212 g/mol. The summed E-state index contributed by atoms with van der Waals surface area (Å²) < 4.78 is 5.27. The highest BCUT2D eigenvalue weighted by atomic mass is 35.5. The minimum atomic E-state index is -0.0563. The molecule has 1 heterocycles. The molecule has 0 saturated heterocycles. The number of hydrogen-bond donors (Lipinski definition) is 0. The van der Waals surface area contributed by atoms with E-state index < -0.39 is 0 Å². The molecule has 4 heteroatoms. The molecule has 0 aromatic heterocycles. The minimum absolute atomic E-state index is 0.0563. The maximum atomic E-state index is 11.3. The van der Waals surface area contributed by atoms with Crippen LogP contribution in [-0.2, 0) is 4.79 Å². The van der Waals surface area contributed by atoms with Crippen molar-refractivity contribution in [3.63, 3.8) is 0 Å². The van der Waals surface area contributed by atoms with Crippen LogP contribution in [0.4, 0.5) is 5.69 Å². The zero-order valence-electron chi connectivity index (χ0n) is 8.00. The molecule has 1 aliphatic heterocycles. The van der Waals surface area contributed by atoms with Crippen LogP contribution in [0.15, 0.2) is 12.1 Å². The van der Waals surface area contributed by atoms with Gasteiger partial charge in [0.25, 0.3) is 5.91 Å². The number of fused-ring (bicyclic) bond motifs is 1. The lowest BCUT2D eigenvalue weighted by Gasteiger charge is -2.26. The van der Waals surface area contributed by atoms with Crippen LogP contribution in [-0.4, -0.2) is 19.6 Å². The molecular weight excluding hydrogens is 202 g/mol. The van der Waals surface area contributed by atoms with E-state index in [1.165, 1.54) is 0 Å². The first kappa shape index (κ1) is 9.34. The van der Waals surface area contributed by atoms with Gasteiger partial charge in [-0.05, 0) is 24.6 Å². The highest BCUT2D eigenvalue weighted by Crippen LogP contribution is 2.38. The summed E-state index contributed by atoms with van der Waals surface area (Å²) in [7, 11) is 1.72. The van der Waals surface area contributed by atoms with Gasteiger partial charge in [-0.25, -0.2) is 0 Å². The number of ether oxygens (including phenoxy) is 1. The number of amides is 1. The number of likely N-dealkylation sites (N-methyl/N-ethyl adjacent to an activating group) is 1. The van der Waals surface area contributed by atoms with E-state index in [1.807, 2.05) is 19.1 Å². The van der Waals surface area contributed by atoms with Crippen molar-refractivity contribution in [1.82, 2.24) is 0 Å². The molecule has 0 N–H and O–H groups in total. The topological polar surface area (TPSA) is 29.5 Å². The van der Waals surface area contributed by atoms with Crippen LogP contribution in [0.3, 0.4) is 0 Å². The Morgan fingerprint density at radius 2 is 2.21 bits per heavy atom. The third kappa shape index (κ3) is 1.34. The molecule has 0 bridgehead atoms. The van der Waals surface area contributed by atoms with Gasteiger partial charge in [0.2, 0.25) is 0 Å². The van der Waals surface area contributed by atoms with Gasteiger partial charge in [-0.15, -0.1) is 0 Å². The number of rotatable bonds is 0. The smallest absolute Gasteiger partial charge is 0.264 e. The summed E-state index contributed by atoms with van der Waals surface area (Å²) in [5.41, 5.74) is 1.75. The first-order valence-corrected chi connectivity index (χ1v) is 4.67. The van der Waals surface area contributed by atoms with Gasteiger partial charge < -0.3 is 9.64 Å². The van der Waals surface area contributed by atoms with Crippen LogP contribution in [0, 0.1) is 6.92 Å². The monoisotopic (exact) mass is 211 g/mol. The van der Waals surface area contributed by atoms with Crippen molar-refractivity contribution in [2.45, 2.75) is 6.92 Å². The number of aryl methyl sites for hydroxylation is 1. The molecule has 1 aliphatic rings. The molecule has 0 radical (unpaired) electrons. The maximum Gasteiger partial charge on any atom is 0.264 e. The zero-order chi connectivity index (χ0) is 10.3. The Labute approximate surface area is 87.2 Å². The quantitative estimate of drug-likeness (QED) is 0.657. The van der Waals surface area contributed by atoms with Crippen molar-refractivity contribution in [1.29, 1.82) is 0 Å². The number of carbonyl (C=O) groups excluding carboxylic acids is 1. The van der Waals surface area contributed by atoms with Crippen LogP contribution in [0.1, 0.15) is 5.56 Å². The molecule has 0 fully saturated rings. The predicted octanol–water partition coefficient (Wildman–Crippen LogP) is 2.00. The van der Waals surface area contributed by atoms with Crippen LogP contribution in [0.5, 0.6) is 5.75 Å². The number of hydrogen-bond acceptors (Lipinski definition) is 2. The molecule has 74 valence electrons. The Hall–Kier alpha value is -1.22. The maximum absolute atomic E-state index is 11.3. The van der Waals surface area contributed by atoms with Crippen LogP contribution < -0.4 is 9.64 Å². The molecule has 0 saturated carbocycles. The molecule has 2 rings (SSSR count). The van der Waals surface area contributed by atoms with Gasteiger partial charge in [-0.1, -0.05) is 11.6 Å². The van der Waals surface area contributed by atoms with Gasteiger partial charge in [0.15, 0.2) is 12.4 Å². The number of benzene rings is 1. The molecule has 0 unspecified atom stereocenters. The number of halogens is 1. The van der Waals surface area contributed by atoms with E-state index in [1.54, 1.807) is 11.9 Å². The van der Waals surface area contributed by atoms with Crippen molar-refractivity contribution in [3.05, 3.63) is 22.7 Å². The molecule has 0 aliphatic carbocycles. The molecule has 1 aromatic rings. The lowest BCUT2D eigenvalue weighted by Crippen LogP contribution is -2.35. The molecular formula is C10H10ClNO2. The predicted molar refractivity (Wildman–Crippen MR) is 55.1 cm³/mol. The SMILES string of the molecule is Cc1cc(Cl)c2c(c1)N(C)C(=O)CO2. The van der Waals surface area contributed by atoms with Crippen molar-refractivity contribution in [3.8, 4) is 5.75 Å². The average Bonchev–Trinajstić information content (AvgIpc) is 2.12. The largest absolute Gasteiger partial charge is 0.480 e. The molecule has 0 spiro atoms. The van der Waals surface area contributed by atoms with E-state index in [2.05, 4.69) is 0 Å².